The van der Waals surface area contributed by atoms with Gasteiger partial charge >= 0.3 is 6.03 Å². The van der Waals surface area contributed by atoms with Gasteiger partial charge < -0.3 is 19.9 Å². The first-order valence-corrected chi connectivity index (χ1v) is 10.3. The largest absolute Gasteiger partial charge is 0.496 e. The molecule has 1 aromatic heterocycles. The van der Waals surface area contributed by atoms with Crippen molar-refractivity contribution < 1.29 is 9.53 Å². The second kappa shape index (κ2) is 8.19. The van der Waals surface area contributed by atoms with Crippen molar-refractivity contribution in [3.05, 3.63) is 65.4 Å². The Labute approximate surface area is 172 Å². The van der Waals surface area contributed by atoms with Gasteiger partial charge in [-0.25, -0.2) is 4.79 Å². The van der Waals surface area contributed by atoms with Gasteiger partial charge in [-0.1, -0.05) is 35.9 Å². The maximum atomic E-state index is 12.8. The van der Waals surface area contributed by atoms with E-state index in [4.69, 9.17) is 4.74 Å². The predicted octanol–water partition coefficient (Wildman–Crippen LogP) is 5.14. The number of aromatic amines is 1. The number of urea groups is 1. The number of fused-ring (bicyclic) bond motifs is 1. The average Bonchev–Trinajstić information content (AvgIpc) is 3.18. The molecule has 1 unspecified atom stereocenters. The van der Waals surface area contributed by atoms with Crippen LogP contribution < -0.4 is 10.1 Å². The third kappa shape index (κ3) is 3.95. The lowest BCUT2D eigenvalue weighted by atomic mass is 9.89. The number of para-hydroxylation sites is 1. The quantitative estimate of drug-likeness (QED) is 0.647. The summed E-state index contributed by atoms with van der Waals surface area (Å²) in [6, 6.07) is 14.4. The standard InChI is InChI=1S/C24H29N3O2/c1-16-8-9-23(29-3)20(14-16)17(2)26-24(28)27-12-10-18(11-13-27)21-15-25-22-7-5-4-6-19(21)22/h4-9,14-15,17-18,25H,10-13H2,1-3H3,(H,26,28). The lowest BCUT2D eigenvalue weighted by Gasteiger charge is -2.33. The molecule has 1 saturated heterocycles. The van der Waals surface area contributed by atoms with E-state index in [0.717, 1.165) is 42.8 Å². The number of amides is 2. The topological polar surface area (TPSA) is 57.4 Å². The molecule has 1 fully saturated rings. The summed E-state index contributed by atoms with van der Waals surface area (Å²) in [4.78, 5) is 18.1. The van der Waals surface area contributed by atoms with Crippen molar-refractivity contribution in [2.45, 2.75) is 38.6 Å². The number of hydrogen-bond donors (Lipinski definition) is 2. The molecule has 2 N–H and O–H groups in total. The van der Waals surface area contributed by atoms with E-state index in [9.17, 15) is 4.79 Å². The van der Waals surface area contributed by atoms with Crippen molar-refractivity contribution in [2.24, 2.45) is 0 Å². The molecule has 1 aliphatic heterocycles. The number of aromatic nitrogens is 1. The fourth-order valence-electron chi connectivity index (χ4n) is 4.37. The number of carbonyl (C=O) groups excluding carboxylic acids is 1. The van der Waals surface area contributed by atoms with Gasteiger partial charge in [0.1, 0.15) is 5.75 Å². The Hall–Kier alpha value is -2.95. The van der Waals surface area contributed by atoms with Crippen LogP contribution in [0.3, 0.4) is 0 Å². The molecule has 5 nitrogen and oxygen atoms in total. The molecule has 152 valence electrons. The van der Waals surface area contributed by atoms with Gasteiger partial charge in [0.2, 0.25) is 0 Å². The highest BCUT2D eigenvalue weighted by atomic mass is 16.5. The number of carbonyl (C=O) groups is 1. The van der Waals surface area contributed by atoms with Crippen LogP contribution in [-0.4, -0.2) is 36.1 Å². The fraction of sp³-hybridized carbons (Fsp3) is 0.375. The van der Waals surface area contributed by atoms with Gasteiger partial charge in [0, 0.05) is 35.8 Å². The number of H-pyrrole nitrogens is 1. The molecule has 0 bridgehead atoms. The van der Waals surface area contributed by atoms with E-state index in [1.165, 1.54) is 16.5 Å². The highest BCUT2D eigenvalue weighted by Gasteiger charge is 2.26. The molecule has 4 rings (SSSR count). The van der Waals surface area contributed by atoms with Crippen LogP contribution in [0.4, 0.5) is 4.79 Å². The molecule has 29 heavy (non-hydrogen) atoms. The van der Waals surface area contributed by atoms with E-state index in [2.05, 4.69) is 46.8 Å². The van der Waals surface area contributed by atoms with Crippen LogP contribution in [0.25, 0.3) is 10.9 Å². The zero-order valence-corrected chi connectivity index (χ0v) is 17.4. The summed E-state index contributed by atoms with van der Waals surface area (Å²) in [5, 5.41) is 4.45. The van der Waals surface area contributed by atoms with Crippen LogP contribution in [0.1, 0.15) is 48.4 Å². The Morgan fingerprint density at radius 1 is 1.21 bits per heavy atom. The third-order valence-corrected chi connectivity index (χ3v) is 6.03. The van der Waals surface area contributed by atoms with E-state index in [1.807, 2.05) is 30.9 Å². The molecular formula is C24H29N3O2. The zero-order chi connectivity index (χ0) is 20.4. The summed E-state index contributed by atoms with van der Waals surface area (Å²) < 4.78 is 5.47. The number of benzene rings is 2. The van der Waals surface area contributed by atoms with E-state index in [1.54, 1.807) is 7.11 Å². The van der Waals surface area contributed by atoms with Gasteiger partial charge in [-0.3, -0.25) is 0 Å². The van der Waals surface area contributed by atoms with Crippen LogP contribution in [-0.2, 0) is 0 Å². The number of hydrogen-bond acceptors (Lipinski definition) is 2. The summed E-state index contributed by atoms with van der Waals surface area (Å²) in [5.41, 5.74) is 4.72. The van der Waals surface area contributed by atoms with Crippen molar-refractivity contribution in [1.29, 1.82) is 0 Å². The monoisotopic (exact) mass is 391 g/mol. The number of likely N-dealkylation sites (tertiary alicyclic amines) is 1. The normalized spacial score (nSPS) is 16.0. The van der Waals surface area contributed by atoms with Crippen molar-refractivity contribution in [3.8, 4) is 5.75 Å². The van der Waals surface area contributed by atoms with Crippen LogP contribution in [0, 0.1) is 6.92 Å². The Morgan fingerprint density at radius 2 is 1.97 bits per heavy atom. The molecule has 1 aliphatic rings. The molecule has 1 atom stereocenters. The summed E-state index contributed by atoms with van der Waals surface area (Å²) in [5.74, 6) is 1.30. The molecule has 2 heterocycles. The van der Waals surface area contributed by atoms with Crippen LogP contribution in [0.5, 0.6) is 5.75 Å². The van der Waals surface area contributed by atoms with Crippen LogP contribution >= 0.6 is 0 Å². The predicted molar refractivity (Wildman–Crippen MR) is 117 cm³/mol. The molecular weight excluding hydrogens is 362 g/mol. The van der Waals surface area contributed by atoms with Gasteiger partial charge in [-0.2, -0.15) is 0 Å². The van der Waals surface area contributed by atoms with Crippen LogP contribution in [0.15, 0.2) is 48.7 Å². The lowest BCUT2D eigenvalue weighted by molar-refractivity contribution is 0.178. The van der Waals surface area contributed by atoms with Crippen molar-refractivity contribution >= 4 is 16.9 Å². The van der Waals surface area contributed by atoms with E-state index in [-0.39, 0.29) is 12.1 Å². The Kier molecular flexibility index (Phi) is 5.47. The van der Waals surface area contributed by atoms with Crippen molar-refractivity contribution in [1.82, 2.24) is 15.2 Å². The molecule has 2 aromatic carbocycles. The molecule has 3 aromatic rings. The molecule has 0 spiro atoms. The second-order valence-electron chi connectivity index (χ2n) is 7.97. The third-order valence-electron chi connectivity index (χ3n) is 6.03. The molecule has 0 aliphatic carbocycles. The van der Waals surface area contributed by atoms with Gasteiger partial charge in [-0.15, -0.1) is 0 Å². The number of methoxy groups -OCH3 is 1. The van der Waals surface area contributed by atoms with E-state index in [0.29, 0.717) is 5.92 Å². The maximum absolute atomic E-state index is 12.8. The molecule has 0 saturated carbocycles. The van der Waals surface area contributed by atoms with Gasteiger partial charge in [-0.05, 0) is 50.3 Å². The Morgan fingerprint density at radius 3 is 2.72 bits per heavy atom. The minimum atomic E-state index is -0.108. The van der Waals surface area contributed by atoms with Gasteiger partial charge in [0.25, 0.3) is 0 Å². The van der Waals surface area contributed by atoms with E-state index < -0.39 is 0 Å². The summed E-state index contributed by atoms with van der Waals surface area (Å²) >= 11 is 0. The first-order valence-electron chi connectivity index (χ1n) is 10.3. The minimum absolute atomic E-state index is 0.00145. The maximum Gasteiger partial charge on any atom is 0.317 e. The Balaban J connectivity index is 1.38. The number of nitrogens with one attached hydrogen (secondary N) is 2. The summed E-state index contributed by atoms with van der Waals surface area (Å²) in [6.07, 6.45) is 4.10. The second-order valence-corrected chi connectivity index (χ2v) is 7.97. The number of piperidine rings is 1. The fourth-order valence-corrected chi connectivity index (χ4v) is 4.37. The first-order chi connectivity index (χ1) is 14.1. The first kappa shape index (κ1) is 19.4. The highest BCUT2D eigenvalue weighted by molar-refractivity contribution is 5.83. The van der Waals surface area contributed by atoms with E-state index >= 15 is 0 Å². The van der Waals surface area contributed by atoms with Crippen molar-refractivity contribution in [3.63, 3.8) is 0 Å². The van der Waals surface area contributed by atoms with Gasteiger partial charge in [0.15, 0.2) is 0 Å². The molecule has 5 heteroatoms. The zero-order valence-electron chi connectivity index (χ0n) is 17.4. The SMILES string of the molecule is COc1ccc(C)cc1C(C)NC(=O)N1CCC(c2c[nH]c3ccccc23)CC1. The smallest absolute Gasteiger partial charge is 0.317 e. The number of rotatable bonds is 4. The average molecular weight is 392 g/mol. The lowest BCUT2D eigenvalue weighted by Crippen LogP contribution is -2.44. The Bertz CT molecular complexity index is 1000. The van der Waals surface area contributed by atoms with Crippen LogP contribution in [0.2, 0.25) is 0 Å². The summed E-state index contributed by atoms with van der Waals surface area (Å²) in [6.45, 7) is 5.60. The van der Waals surface area contributed by atoms with Crippen molar-refractivity contribution in [2.75, 3.05) is 20.2 Å². The molecule has 2 amide bonds. The highest BCUT2D eigenvalue weighted by Crippen LogP contribution is 2.33. The number of aryl methyl sites for hydroxylation is 1. The number of nitrogens with zero attached hydrogens (tertiary/aromatic N) is 1. The summed E-state index contributed by atoms with van der Waals surface area (Å²) in [7, 11) is 1.66. The molecule has 0 radical (unpaired) electrons. The minimum Gasteiger partial charge on any atom is -0.496 e. The van der Waals surface area contributed by atoms with Gasteiger partial charge in [0.05, 0.1) is 13.2 Å². The number of ether oxygens (including phenoxy) is 1.